The van der Waals surface area contributed by atoms with Gasteiger partial charge in [-0.05, 0) is 11.1 Å². The van der Waals surface area contributed by atoms with E-state index < -0.39 is 0 Å². The van der Waals surface area contributed by atoms with Crippen LogP contribution in [0.4, 0.5) is 0 Å². The maximum atomic E-state index is 8.75. The predicted molar refractivity (Wildman–Crippen MR) is 103 cm³/mol. The topological polar surface area (TPSA) is 30.3 Å². The Kier molecular flexibility index (Phi) is 7.45. The number of rotatable bonds is 5. The standard InChI is InChI=1S/C20H23N3.BrH/c21-12-7-13-22-14-16-23(17-15-22)20(18-8-3-1-4-9-18)19-10-5-2-6-11-19;/h1-6,8-11,20H,7,13-17H2;1H. The Labute approximate surface area is 155 Å². The first-order chi connectivity index (χ1) is 11.4. The Morgan fingerprint density at radius 3 is 1.79 bits per heavy atom. The second kappa shape index (κ2) is 9.58. The third kappa shape index (κ3) is 4.67. The highest BCUT2D eigenvalue weighted by atomic mass is 79.9. The quantitative estimate of drug-likeness (QED) is 0.781. The van der Waals surface area contributed by atoms with Gasteiger partial charge in [-0.25, -0.2) is 0 Å². The van der Waals surface area contributed by atoms with Gasteiger partial charge in [-0.3, -0.25) is 9.80 Å². The van der Waals surface area contributed by atoms with Crippen LogP contribution in [0.5, 0.6) is 0 Å². The smallest absolute Gasteiger partial charge is 0.0635 e. The fourth-order valence-corrected chi connectivity index (χ4v) is 3.34. The molecule has 3 rings (SSSR count). The highest BCUT2D eigenvalue weighted by molar-refractivity contribution is 8.93. The van der Waals surface area contributed by atoms with Crippen molar-refractivity contribution >= 4 is 17.0 Å². The number of halogens is 1. The highest BCUT2D eigenvalue weighted by Gasteiger charge is 2.25. The molecule has 1 aliphatic heterocycles. The van der Waals surface area contributed by atoms with Gasteiger partial charge in [0.2, 0.25) is 0 Å². The van der Waals surface area contributed by atoms with E-state index in [9.17, 15) is 0 Å². The van der Waals surface area contributed by atoms with Gasteiger partial charge in [0, 0.05) is 39.1 Å². The fraction of sp³-hybridized carbons (Fsp3) is 0.350. The molecule has 1 aliphatic rings. The van der Waals surface area contributed by atoms with E-state index in [1.165, 1.54) is 11.1 Å². The predicted octanol–water partition coefficient (Wildman–Crippen LogP) is 3.89. The molecule has 0 radical (unpaired) electrons. The molecule has 2 aromatic rings. The molecule has 126 valence electrons. The normalized spacial score (nSPS) is 15.7. The molecule has 3 nitrogen and oxygen atoms in total. The summed E-state index contributed by atoms with van der Waals surface area (Å²) in [5, 5.41) is 8.75. The first-order valence-electron chi connectivity index (χ1n) is 8.32. The van der Waals surface area contributed by atoms with E-state index in [2.05, 4.69) is 76.5 Å². The summed E-state index contributed by atoms with van der Waals surface area (Å²) in [4.78, 5) is 4.96. The third-order valence-electron chi connectivity index (χ3n) is 4.54. The second-order valence-electron chi connectivity index (χ2n) is 6.01. The maximum absolute atomic E-state index is 8.75. The van der Waals surface area contributed by atoms with Gasteiger partial charge in [0.05, 0.1) is 12.1 Å². The molecule has 1 fully saturated rings. The van der Waals surface area contributed by atoms with Crippen LogP contribution in [-0.2, 0) is 0 Å². The summed E-state index contributed by atoms with van der Waals surface area (Å²) >= 11 is 0. The number of benzene rings is 2. The lowest BCUT2D eigenvalue weighted by Crippen LogP contribution is -2.47. The van der Waals surface area contributed by atoms with Crippen molar-refractivity contribution in [2.24, 2.45) is 0 Å². The molecule has 1 saturated heterocycles. The average molecular weight is 386 g/mol. The molecule has 0 amide bonds. The highest BCUT2D eigenvalue weighted by Crippen LogP contribution is 2.29. The van der Waals surface area contributed by atoms with E-state index in [0.717, 1.165) is 32.7 Å². The van der Waals surface area contributed by atoms with Crippen LogP contribution in [0.15, 0.2) is 60.7 Å². The van der Waals surface area contributed by atoms with Gasteiger partial charge in [-0.1, -0.05) is 60.7 Å². The van der Waals surface area contributed by atoms with Crippen molar-refractivity contribution in [3.8, 4) is 6.07 Å². The minimum absolute atomic E-state index is 0. The number of piperazine rings is 1. The summed E-state index contributed by atoms with van der Waals surface area (Å²) in [5.41, 5.74) is 2.70. The number of hydrogen-bond acceptors (Lipinski definition) is 3. The Hall–Kier alpha value is -1.67. The minimum Gasteiger partial charge on any atom is -0.300 e. The van der Waals surface area contributed by atoms with Crippen molar-refractivity contribution in [3.05, 3.63) is 71.8 Å². The molecule has 0 unspecified atom stereocenters. The molecule has 0 spiro atoms. The van der Waals surface area contributed by atoms with Crippen LogP contribution in [0.25, 0.3) is 0 Å². The number of nitrogens with zero attached hydrogens (tertiary/aromatic N) is 3. The largest absolute Gasteiger partial charge is 0.300 e. The second-order valence-corrected chi connectivity index (χ2v) is 6.01. The zero-order valence-corrected chi connectivity index (χ0v) is 15.6. The molecule has 24 heavy (non-hydrogen) atoms. The number of nitriles is 1. The molecule has 0 saturated carbocycles. The first-order valence-corrected chi connectivity index (χ1v) is 8.32. The lowest BCUT2D eigenvalue weighted by molar-refractivity contribution is 0.111. The molecule has 0 N–H and O–H groups in total. The molecule has 2 aromatic carbocycles. The third-order valence-corrected chi connectivity index (χ3v) is 4.54. The Morgan fingerprint density at radius 2 is 1.33 bits per heavy atom. The van der Waals surface area contributed by atoms with Gasteiger partial charge >= 0.3 is 0 Å². The van der Waals surface area contributed by atoms with Crippen LogP contribution in [0.3, 0.4) is 0 Å². The van der Waals surface area contributed by atoms with Crippen molar-refractivity contribution in [1.29, 1.82) is 5.26 Å². The van der Waals surface area contributed by atoms with Gasteiger partial charge in [0.25, 0.3) is 0 Å². The van der Waals surface area contributed by atoms with Crippen LogP contribution in [-0.4, -0.2) is 42.5 Å². The monoisotopic (exact) mass is 385 g/mol. The molecular formula is C20H24BrN3. The summed E-state index contributed by atoms with van der Waals surface area (Å²) < 4.78 is 0. The summed E-state index contributed by atoms with van der Waals surface area (Å²) in [6, 6.07) is 24.1. The number of hydrogen-bond donors (Lipinski definition) is 0. The van der Waals surface area contributed by atoms with E-state index in [1.54, 1.807) is 0 Å². The van der Waals surface area contributed by atoms with Crippen LogP contribution >= 0.6 is 17.0 Å². The molecule has 4 heteroatoms. The van der Waals surface area contributed by atoms with Crippen LogP contribution < -0.4 is 0 Å². The van der Waals surface area contributed by atoms with Crippen molar-refractivity contribution in [1.82, 2.24) is 9.80 Å². The Morgan fingerprint density at radius 1 is 0.833 bits per heavy atom. The van der Waals surface area contributed by atoms with E-state index in [-0.39, 0.29) is 17.0 Å². The minimum atomic E-state index is 0. The molecule has 1 heterocycles. The fourth-order valence-electron chi connectivity index (χ4n) is 3.34. The van der Waals surface area contributed by atoms with E-state index in [0.29, 0.717) is 12.5 Å². The lowest BCUT2D eigenvalue weighted by Gasteiger charge is -2.39. The maximum Gasteiger partial charge on any atom is 0.0635 e. The zero-order chi connectivity index (χ0) is 15.9. The van der Waals surface area contributed by atoms with E-state index in [4.69, 9.17) is 5.26 Å². The summed E-state index contributed by atoms with van der Waals surface area (Å²) in [5.74, 6) is 0. The van der Waals surface area contributed by atoms with Crippen LogP contribution in [0.1, 0.15) is 23.6 Å². The molecule has 0 aliphatic carbocycles. The van der Waals surface area contributed by atoms with Crippen molar-refractivity contribution < 1.29 is 0 Å². The van der Waals surface area contributed by atoms with Crippen molar-refractivity contribution in [2.75, 3.05) is 32.7 Å². The van der Waals surface area contributed by atoms with Gasteiger partial charge in [0.1, 0.15) is 0 Å². The van der Waals surface area contributed by atoms with Gasteiger partial charge < -0.3 is 0 Å². The van der Waals surface area contributed by atoms with Gasteiger partial charge in [-0.2, -0.15) is 5.26 Å². The average Bonchev–Trinajstić information content (AvgIpc) is 2.63. The lowest BCUT2D eigenvalue weighted by atomic mass is 9.96. The molecule has 0 bridgehead atoms. The SMILES string of the molecule is Br.N#CCCN1CCN(C(c2ccccc2)c2ccccc2)CC1. The summed E-state index contributed by atoms with van der Waals surface area (Å²) in [6.45, 7) is 5.06. The zero-order valence-electron chi connectivity index (χ0n) is 13.8. The molecular weight excluding hydrogens is 362 g/mol. The summed E-state index contributed by atoms with van der Waals surface area (Å²) in [6.07, 6.45) is 0.626. The van der Waals surface area contributed by atoms with E-state index in [1.807, 2.05) is 0 Å². The van der Waals surface area contributed by atoms with Crippen molar-refractivity contribution in [3.63, 3.8) is 0 Å². The Balaban J connectivity index is 0.00000208. The summed E-state index contributed by atoms with van der Waals surface area (Å²) in [7, 11) is 0. The van der Waals surface area contributed by atoms with Crippen LogP contribution in [0.2, 0.25) is 0 Å². The van der Waals surface area contributed by atoms with Gasteiger partial charge in [-0.15, -0.1) is 17.0 Å². The van der Waals surface area contributed by atoms with Crippen molar-refractivity contribution in [2.45, 2.75) is 12.5 Å². The van der Waals surface area contributed by atoms with Gasteiger partial charge in [0.15, 0.2) is 0 Å². The van der Waals surface area contributed by atoms with Crippen LogP contribution in [0, 0.1) is 11.3 Å². The molecule has 0 aromatic heterocycles. The van der Waals surface area contributed by atoms with E-state index >= 15 is 0 Å². The first kappa shape index (κ1) is 18.7. The Bertz CT molecular complexity index is 591. The molecule has 0 atom stereocenters.